The van der Waals surface area contributed by atoms with Gasteiger partial charge < -0.3 is 4.74 Å². The van der Waals surface area contributed by atoms with Crippen molar-refractivity contribution in [3.05, 3.63) is 50.4 Å². The number of thiophene rings is 1. The van der Waals surface area contributed by atoms with Gasteiger partial charge in [0.25, 0.3) is 0 Å². The van der Waals surface area contributed by atoms with E-state index in [9.17, 15) is 4.39 Å². The highest BCUT2D eigenvalue weighted by molar-refractivity contribution is 9.10. The molecule has 0 radical (unpaired) electrons. The number of rotatable bonds is 4. The number of hydrogen-bond acceptors (Lipinski definition) is 2. The molecule has 0 spiro atoms. The molecule has 0 atom stereocenters. The number of benzene rings is 1. The van der Waals surface area contributed by atoms with Gasteiger partial charge in [0.2, 0.25) is 0 Å². The van der Waals surface area contributed by atoms with E-state index >= 15 is 0 Å². The highest BCUT2D eigenvalue weighted by Crippen LogP contribution is 2.24. The molecule has 90 valence electrons. The Bertz CT molecular complexity index is 513. The van der Waals surface area contributed by atoms with E-state index in [-0.39, 0.29) is 5.82 Å². The van der Waals surface area contributed by atoms with Gasteiger partial charge in [-0.1, -0.05) is 22.0 Å². The zero-order valence-corrected chi connectivity index (χ0v) is 12.7. The summed E-state index contributed by atoms with van der Waals surface area (Å²) in [6.45, 7) is 0.390. The van der Waals surface area contributed by atoms with Crippen LogP contribution in [0.4, 0.5) is 4.39 Å². The monoisotopic (exact) mass is 378 g/mol. The average molecular weight is 380 g/mol. The van der Waals surface area contributed by atoms with Gasteiger partial charge in [0.15, 0.2) is 11.6 Å². The first-order valence-corrected chi connectivity index (χ1v) is 7.68. The molecule has 0 aliphatic carbocycles. The highest BCUT2D eigenvalue weighted by atomic mass is 79.9. The molecule has 0 saturated carbocycles. The van der Waals surface area contributed by atoms with E-state index < -0.39 is 0 Å². The molecule has 1 aromatic heterocycles. The molecule has 2 aromatic rings. The molecule has 0 N–H and O–H groups in total. The third-order valence-electron chi connectivity index (χ3n) is 2.14. The van der Waals surface area contributed by atoms with Crippen LogP contribution in [0.25, 0.3) is 0 Å². The zero-order chi connectivity index (χ0) is 12.3. The molecule has 0 bridgehead atoms. The smallest absolute Gasteiger partial charge is 0.165 e. The molecule has 0 unspecified atom stereocenters. The fourth-order valence-electron chi connectivity index (χ4n) is 1.32. The van der Waals surface area contributed by atoms with Crippen molar-refractivity contribution in [3.63, 3.8) is 0 Å². The second-order valence-electron chi connectivity index (χ2n) is 3.42. The Morgan fingerprint density at radius 2 is 2.12 bits per heavy atom. The van der Waals surface area contributed by atoms with Crippen LogP contribution in [0.3, 0.4) is 0 Å². The van der Waals surface area contributed by atoms with Crippen LogP contribution < -0.4 is 4.74 Å². The lowest BCUT2D eigenvalue weighted by Gasteiger charge is -2.06. The van der Waals surface area contributed by atoms with E-state index in [0.29, 0.717) is 17.7 Å². The molecule has 0 amide bonds. The largest absolute Gasteiger partial charge is 0.485 e. The summed E-state index contributed by atoms with van der Waals surface area (Å²) in [5, 5.41) is 2.62. The lowest BCUT2D eigenvalue weighted by atomic mass is 10.2. The number of halogens is 3. The Balaban J connectivity index is 2.04. The Hall–Kier alpha value is -0.390. The van der Waals surface area contributed by atoms with Crippen LogP contribution in [0.2, 0.25) is 0 Å². The SMILES string of the molecule is Fc1cc(CBr)ccc1OCc1cc(Br)cs1. The van der Waals surface area contributed by atoms with Gasteiger partial charge in [-0.25, -0.2) is 4.39 Å². The topological polar surface area (TPSA) is 9.23 Å². The van der Waals surface area contributed by atoms with Gasteiger partial charge in [0, 0.05) is 20.1 Å². The van der Waals surface area contributed by atoms with Crippen LogP contribution in [-0.4, -0.2) is 0 Å². The standard InChI is InChI=1S/C12H9Br2FOS/c13-5-8-1-2-12(11(15)3-8)16-6-10-4-9(14)7-17-10/h1-4,7H,5-6H2. The van der Waals surface area contributed by atoms with Crippen LogP contribution in [0.1, 0.15) is 10.4 Å². The molecule has 1 nitrogen and oxygen atoms in total. The summed E-state index contributed by atoms with van der Waals surface area (Å²) in [4.78, 5) is 1.06. The maximum Gasteiger partial charge on any atom is 0.165 e. The second kappa shape index (κ2) is 5.98. The molecule has 0 aliphatic heterocycles. The first-order chi connectivity index (χ1) is 8.19. The van der Waals surface area contributed by atoms with Gasteiger partial charge in [-0.3, -0.25) is 0 Å². The first-order valence-electron chi connectivity index (χ1n) is 4.89. The summed E-state index contributed by atoms with van der Waals surface area (Å²) in [5.41, 5.74) is 0.897. The van der Waals surface area contributed by atoms with Crippen LogP contribution >= 0.6 is 43.2 Å². The minimum absolute atomic E-state index is 0.291. The molecule has 2 rings (SSSR count). The molecule has 0 saturated heterocycles. The Kier molecular flexibility index (Phi) is 4.59. The molecular weight excluding hydrogens is 371 g/mol. The van der Waals surface area contributed by atoms with E-state index in [4.69, 9.17) is 4.74 Å². The molecular formula is C12H9Br2FOS. The molecule has 0 fully saturated rings. The van der Waals surface area contributed by atoms with Crippen molar-refractivity contribution in [2.24, 2.45) is 0 Å². The Morgan fingerprint density at radius 3 is 2.71 bits per heavy atom. The maximum absolute atomic E-state index is 13.6. The quantitative estimate of drug-likeness (QED) is 0.669. The number of ether oxygens (including phenoxy) is 1. The van der Waals surface area contributed by atoms with E-state index in [1.165, 1.54) is 6.07 Å². The van der Waals surface area contributed by atoms with E-state index in [1.807, 2.05) is 17.5 Å². The van der Waals surface area contributed by atoms with Gasteiger partial charge in [-0.15, -0.1) is 11.3 Å². The summed E-state index contributed by atoms with van der Waals surface area (Å²) in [6, 6.07) is 6.95. The van der Waals surface area contributed by atoms with Gasteiger partial charge in [0.1, 0.15) is 6.61 Å². The molecule has 1 heterocycles. The third kappa shape index (κ3) is 3.53. The second-order valence-corrected chi connectivity index (χ2v) is 5.89. The van der Waals surface area contributed by atoms with Crippen molar-refractivity contribution in [3.8, 4) is 5.75 Å². The van der Waals surface area contributed by atoms with E-state index in [2.05, 4.69) is 31.9 Å². The van der Waals surface area contributed by atoms with E-state index in [0.717, 1.165) is 14.9 Å². The van der Waals surface area contributed by atoms with Gasteiger partial charge in [0.05, 0.1) is 0 Å². The van der Waals surface area contributed by atoms with Crippen LogP contribution in [0.5, 0.6) is 5.75 Å². The summed E-state index contributed by atoms with van der Waals surface area (Å²) in [7, 11) is 0. The normalized spacial score (nSPS) is 10.5. The Labute approximate surface area is 120 Å². The van der Waals surface area contributed by atoms with Crippen molar-refractivity contribution < 1.29 is 9.13 Å². The molecule has 1 aromatic carbocycles. The van der Waals surface area contributed by atoms with Crippen LogP contribution in [0.15, 0.2) is 34.1 Å². The maximum atomic E-state index is 13.6. The summed E-state index contributed by atoms with van der Waals surface area (Å²) < 4.78 is 20.1. The fraction of sp³-hybridized carbons (Fsp3) is 0.167. The lowest BCUT2D eigenvalue weighted by molar-refractivity contribution is 0.293. The highest BCUT2D eigenvalue weighted by Gasteiger charge is 2.05. The average Bonchev–Trinajstić information content (AvgIpc) is 2.73. The van der Waals surface area contributed by atoms with Gasteiger partial charge in [-0.2, -0.15) is 0 Å². The summed E-state index contributed by atoms with van der Waals surface area (Å²) in [6.07, 6.45) is 0. The molecule has 5 heteroatoms. The number of hydrogen-bond donors (Lipinski definition) is 0. The zero-order valence-electron chi connectivity index (χ0n) is 8.75. The molecule has 17 heavy (non-hydrogen) atoms. The first kappa shape index (κ1) is 13.1. The van der Waals surface area contributed by atoms with E-state index in [1.54, 1.807) is 17.4 Å². The molecule has 0 aliphatic rings. The van der Waals surface area contributed by atoms with Crippen LogP contribution in [0, 0.1) is 5.82 Å². The third-order valence-corrected chi connectivity index (χ3v) is 4.46. The van der Waals surface area contributed by atoms with Crippen molar-refractivity contribution in [1.29, 1.82) is 0 Å². The summed E-state index contributed by atoms with van der Waals surface area (Å²) >= 11 is 8.23. The summed E-state index contributed by atoms with van der Waals surface area (Å²) in [5.74, 6) is -0.0307. The van der Waals surface area contributed by atoms with Gasteiger partial charge >= 0.3 is 0 Å². The van der Waals surface area contributed by atoms with Crippen molar-refractivity contribution in [2.75, 3.05) is 0 Å². The predicted octanol–water partition coefficient (Wildman–Crippen LogP) is 5.12. The predicted molar refractivity (Wildman–Crippen MR) is 75.4 cm³/mol. The van der Waals surface area contributed by atoms with Gasteiger partial charge in [-0.05, 0) is 39.7 Å². The minimum atomic E-state index is -0.322. The number of alkyl halides is 1. The lowest BCUT2D eigenvalue weighted by Crippen LogP contribution is -1.96. The fourth-order valence-corrected chi connectivity index (χ4v) is 3.03. The Morgan fingerprint density at radius 1 is 1.29 bits per heavy atom. The van der Waals surface area contributed by atoms with Crippen LogP contribution in [-0.2, 0) is 11.9 Å². The van der Waals surface area contributed by atoms with Crippen molar-refractivity contribution in [1.82, 2.24) is 0 Å². The van der Waals surface area contributed by atoms with Crippen molar-refractivity contribution in [2.45, 2.75) is 11.9 Å². The van der Waals surface area contributed by atoms with Crippen molar-refractivity contribution >= 4 is 43.2 Å². The minimum Gasteiger partial charge on any atom is -0.485 e.